The van der Waals surface area contributed by atoms with Crippen molar-refractivity contribution in [3.05, 3.63) is 59.1 Å². The van der Waals surface area contributed by atoms with Gasteiger partial charge in [-0.2, -0.15) is 4.31 Å². The van der Waals surface area contributed by atoms with E-state index in [0.29, 0.717) is 18.7 Å². The number of carbonyl (C=O) groups excluding carboxylic acids is 1. The first-order valence-electron chi connectivity index (χ1n) is 8.66. The Hall–Kier alpha value is -2.29. The zero-order valence-corrected chi connectivity index (χ0v) is 16.1. The fourth-order valence-corrected chi connectivity index (χ4v) is 5.43. The van der Waals surface area contributed by atoms with Gasteiger partial charge < -0.3 is 4.74 Å². The highest BCUT2D eigenvalue weighted by molar-refractivity contribution is 7.89. The number of esters is 1. The highest BCUT2D eigenvalue weighted by atomic mass is 32.2. The van der Waals surface area contributed by atoms with Crippen molar-refractivity contribution in [2.75, 3.05) is 13.1 Å². The van der Waals surface area contributed by atoms with E-state index in [1.807, 2.05) is 24.3 Å². The van der Waals surface area contributed by atoms with Crippen LogP contribution in [0.5, 0.6) is 0 Å². The van der Waals surface area contributed by atoms with Crippen LogP contribution in [0.3, 0.4) is 0 Å². The van der Waals surface area contributed by atoms with Gasteiger partial charge in [-0.1, -0.05) is 12.1 Å². The first kappa shape index (κ1) is 18.1. The summed E-state index contributed by atoms with van der Waals surface area (Å²) in [7, 11) is -3.48. The minimum Gasteiger partial charge on any atom is -0.455 e. The average Bonchev–Trinajstić information content (AvgIpc) is 3.36. The number of hydrogen-bond acceptors (Lipinski definition) is 6. The molecule has 0 aliphatic carbocycles. The van der Waals surface area contributed by atoms with Gasteiger partial charge in [-0.15, -0.1) is 11.3 Å². The van der Waals surface area contributed by atoms with Crippen LogP contribution in [0, 0.1) is 0 Å². The first-order chi connectivity index (χ1) is 13.0. The van der Waals surface area contributed by atoms with Gasteiger partial charge in [-0.05, 0) is 49.2 Å². The molecule has 1 aromatic heterocycles. The second kappa shape index (κ2) is 7.38. The molecule has 0 unspecified atom stereocenters. The molecule has 0 radical (unpaired) electrons. The quantitative estimate of drug-likeness (QED) is 0.611. The van der Waals surface area contributed by atoms with Crippen molar-refractivity contribution in [2.24, 2.45) is 0 Å². The van der Waals surface area contributed by atoms with Gasteiger partial charge in [0.25, 0.3) is 0 Å². The topological polar surface area (TPSA) is 76.6 Å². The Morgan fingerprint density at radius 2 is 1.78 bits per heavy atom. The summed E-state index contributed by atoms with van der Waals surface area (Å²) in [5.74, 6) is -0.501. The molecule has 140 valence electrons. The molecule has 1 aliphatic heterocycles. The van der Waals surface area contributed by atoms with Gasteiger partial charge in [0.2, 0.25) is 10.0 Å². The van der Waals surface area contributed by atoms with Crippen molar-refractivity contribution in [1.29, 1.82) is 0 Å². The Balaban J connectivity index is 1.43. The standard InChI is InChI=1S/C19H18N2O4S2/c22-19(25-13-18-20-16-5-1-2-6-17(16)26-18)14-7-9-15(10-8-14)27(23,24)21-11-3-4-12-21/h1-2,5-10H,3-4,11-13H2. The zero-order valence-electron chi connectivity index (χ0n) is 14.5. The van der Waals surface area contributed by atoms with Crippen molar-refractivity contribution in [3.8, 4) is 0 Å². The number of benzene rings is 2. The molecule has 8 heteroatoms. The Kier molecular flexibility index (Phi) is 4.94. The number of aromatic nitrogens is 1. The molecule has 4 rings (SSSR count). The third-order valence-corrected chi connectivity index (χ3v) is 7.38. The fraction of sp³-hybridized carbons (Fsp3) is 0.263. The van der Waals surface area contributed by atoms with Crippen molar-refractivity contribution < 1.29 is 17.9 Å². The molecule has 0 atom stereocenters. The maximum absolute atomic E-state index is 12.5. The lowest BCUT2D eigenvalue weighted by molar-refractivity contribution is 0.0472. The van der Waals surface area contributed by atoms with Crippen LogP contribution in [-0.4, -0.2) is 36.8 Å². The maximum Gasteiger partial charge on any atom is 0.338 e. The largest absolute Gasteiger partial charge is 0.455 e. The number of rotatable bonds is 5. The molecular weight excluding hydrogens is 384 g/mol. The summed E-state index contributed by atoms with van der Waals surface area (Å²) in [6, 6.07) is 13.6. The van der Waals surface area contributed by atoms with E-state index in [4.69, 9.17) is 4.74 Å². The lowest BCUT2D eigenvalue weighted by atomic mass is 10.2. The van der Waals surface area contributed by atoms with Crippen LogP contribution < -0.4 is 0 Å². The van der Waals surface area contributed by atoms with Crippen LogP contribution in [0.4, 0.5) is 0 Å². The molecule has 0 amide bonds. The van der Waals surface area contributed by atoms with E-state index in [1.54, 1.807) is 0 Å². The Bertz CT molecular complexity index is 1040. The van der Waals surface area contributed by atoms with Gasteiger partial charge in [0.15, 0.2) is 0 Å². The Labute approximate surface area is 161 Å². The Morgan fingerprint density at radius 3 is 2.48 bits per heavy atom. The number of sulfonamides is 1. The summed E-state index contributed by atoms with van der Waals surface area (Å²) in [6.45, 7) is 1.19. The lowest BCUT2D eigenvalue weighted by Gasteiger charge is -2.15. The van der Waals surface area contributed by atoms with E-state index >= 15 is 0 Å². The van der Waals surface area contributed by atoms with Crippen LogP contribution in [-0.2, 0) is 21.4 Å². The number of carbonyl (C=O) groups is 1. The highest BCUT2D eigenvalue weighted by Crippen LogP contribution is 2.23. The van der Waals surface area contributed by atoms with Crippen LogP contribution in [0.15, 0.2) is 53.4 Å². The second-order valence-electron chi connectivity index (χ2n) is 6.29. The molecule has 6 nitrogen and oxygen atoms in total. The molecule has 1 fully saturated rings. The summed E-state index contributed by atoms with van der Waals surface area (Å²) >= 11 is 1.48. The summed E-state index contributed by atoms with van der Waals surface area (Å²) in [4.78, 5) is 16.9. The minimum absolute atomic E-state index is 0.0893. The SMILES string of the molecule is O=C(OCc1nc2ccccc2s1)c1ccc(S(=O)(=O)N2CCCC2)cc1. The second-order valence-corrected chi connectivity index (χ2v) is 9.34. The summed E-state index contributed by atoms with van der Waals surface area (Å²) in [5, 5.41) is 0.720. The van der Waals surface area contributed by atoms with Crippen molar-refractivity contribution in [3.63, 3.8) is 0 Å². The molecule has 0 saturated carbocycles. The van der Waals surface area contributed by atoms with Crippen LogP contribution in [0.1, 0.15) is 28.2 Å². The van der Waals surface area contributed by atoms with Gasteiger partial charge in [0, 0.05) is 13.1 Å². The summed E-state index contributed by atoms with van der Waals surface area (Å²) < 4.78 is 32.9. The van der Waals surface area contributed by atoms with Crippen LogP contribution >= 0.6 is 11.3 Å². The van der Waals surface area contributed by atoms with E-state index < -0.39 is 16.0 Å². The molecule has 1 aliphatic rings. The van der Waals surface area contributed by atoms with Gasteiger partial charge in [0.05, 0.1) is 20.7 Å². The maximum atomic E-state index is 12.5. The molecule has 0 bridgehead atoms. The zero-order chi connectivity index (χ0) is 18.9. The number of thiazole rings is 1. The van der Waals surface area contributed by atoms with Crippen LogP contribution in [0.2, 0.25) is 0 Å². The smallest absolute Gasteiger partial charge is 0.338 e. The van der Waals surface area contributed by atoms with Crippen LogP contribution in [0.25, 0.3) is 10.2 Å². The number of fused-ring (bicyclic) bond motifs is 1. The monoisotopic (exact) mass is 402 g/mol. The number of hydrogen-bond donors (Lipinski definition) is 0. The van der Waals surface area contributed by atoms with Crippen molar-refractivity contribution in [1.82, 2.24) is 9.29 Å². The van der Waals surface area contributed by atoms with Crippen molar-refractivity contribution in [2.45, 2.75) is 24.3 Å². The highest BCUT2D eigenvalue weighted by Gasteiger charge is 2.27. The van der Waals surface area contributed by atoms with Gasteiger partial charge >= 0.3 is 5.97 Å². The molecule has 2 aromatic carbocycles. The van der Waals surface area contributed by atoms with Gasteiger partial charge in [-0.25, -0.2) is 18.2 Å². The molecule has 1 saturated heterocycles. The third kappa shape index (κ3) is 3.73. The number of ether oxygens (including phenoxy) is 1. The van der Waals surface area contributed by atoms with E-state index in [9.17, 15) is 13.2 Å². The fourth-order valence-electron chi connectivity index (χ4n) is 3.03. The van der Waals surface area contributed by atoms with Crippen molar-refractivity contribution >= 4 is 37.5 Å². The molecule has 27 heavy (non-hydrogen) atoms. The number of nitrogens with zero attached hydrogens (tertiary/aromatic N) is 2. The molecule has 0 spiro atoms. The van der Waals surface area contributed by atoms with E-state index in [-0.39, 0.29) is 11.5 Å². The third-order valence-electron chi connectivity index (χ3n) is 4.46. The lowest BCUT2D eigenvalue weighted by Crippen LogP contribution is -2.27. The van der Waals surface area contributed by atoms with E-state index in [0.717, 1.165) is 28.1 Å². The first-order valence-corrected chi connectivity index (χ1v) is 10.9. The predicted octanol–water partition coefficient (Wildman–Crippen LogP) is 3.44. The molecule has 0 N–H and O–H groups in total. The summed E-state index contributed by atoms with van der Waals surface area (Å²) in [6.07, 6.45) is 1.77. The predicted molar refractivity (Wildman–Crippen MR) is 103 cm³/mol. The Morgan fingerprint density at radius 1 is 1.07 bits per heavy atom. The summed E-state index contributed by atoms with van der Waals surface area (Å²) in [5.41, 5.74) is 1.20. The minimum atomic E-state index is -3.48. The number of para-hydroxylation sites is 1. The normalized spacial score (nSPS) is 15.3. The molecule has 2 heterocycles. The van der Waals surface area contributed by atoms with Gasteiger partial charge in [-0.3, -0.25) is 0 Å². The molecular formula is C19H18N2O4S2. The average molecular weight is 402 g/mol. The van der Waals surface area contributed by atoms with Gasteiger partial charge in [0.1, 0.15) is 11.6 Å². The molecule has 3 aromatic rings. The van der Waals surface area contributed by atoms with E-state index in [1.165, 1.54) is 39.9 Å². The van der Waals surface area contributed by atoms with E-state index in [2.05, 4.69) is 4.98 Å².